The Hall–Kier alpha value is -0.860. The first-order valence-corrected chi connectivity index (χ1v) is 6.92. The van der Waals surface area contributed by atoms with Crippen LogP contribution >= 0.6 is 0 Å². The Balaban J connectivity index is 2.34. The summed E-state index contributed by atoms with van der Waals surface area (Å²) in [6.07, 6.45) is 1.16. The zero-order valence-electron chi connectivity index (χ0n) is 12.6. The van der Waals surface area contributed by atoms with Crippen molar-refractivity contribution in [1.29, 1.82) is 0 Å². The molecule has 0 unspecified atom stereocenters. The molecule has 102 valence electrons. The summed E-state index contributed by atoms with van der Waals surface area (Å²) in [5.74, 6) is 0. The molecule has 0 saturated heterocycles. The van der Waals surface area contributed by atoms with Crippen molar-refractivity contribution in [3.8, 4) is 0 Å². The van der Waals surface area contributed by atoms with Gasteiger partial charge in [-0.25, -0.2) is 0 Å². The molecule has 0 aliphatic rings. The zero-order chi connectivity index (χ0) is 13.6. The van der Waals surface area contributed by atoms with Crippen molar-refractivity contribution in [3.63, 3.8) is 0 Å². The minimum absolute atomic E-state index is 0.253. The second kappa shape index (κ2) is 6.91. The summed E-state index contributed by atoms with van der Waals surface area (Å²) >= 11 is 0. The van der Waals surface area contributed by atoms with Crippen LogP contribution in [-0.2, 0) is 6.54 Å². The van der Waals surface area contributed by atoms with Crippen LogP contribution in [0.1, 0.15) is 38.3 Å². The van der Waals surface area contributed by atoms with Gasteiger partial charge in [0.1, 0.15) is 0 Å². The van der Waals surface area contributed by atoms with Gasteiger partial charge in [0.25, 0.3) is 0 Å². The van der Waals surface area contributed by atoms with Crippen molar-refractivity contribution in [2.45, 2.75) is 46.2 Å². The van der Waals surface area contributed by atoms with Crippen LogP contribution in [0.25, 0.3) is 0 Å². The van der Waals surface area contributed by atoms with Crippen molar-refractivity contribution in [3.05, 3.63) is 35.4 Å². The van der Waals surface area contributed by atoms with Crippen LogP contribution in [0.5, 0.6) is 0 Å². The third-order valence-corrected chi connectivity index (χ3v) is 3.68. The monoisotopic (exact) mass is 248 g/mol. The molecule has 0 atom stereocenters. The first kappa shape index (κ1) is 15.2. The van der Waals surface area contributed by atoms with E-state index in [-0.39, 0.29) is 5.54 Å². The van der Waals surface area contributed by atoms with Crippen LogP contribution in [0.4, 0.5) is 0 Å². The Labute approximate surface area is 112 Å². The number of hydrogen-bond acceptors (Lipinski definition) is 2. The SMILES string of the molecule is CCC(C)(C)NCCN(C)Cc1ccccc1C. The van der Waals surface area contributed by atoms with Gasteiger partial charge in [0.05, 0.1) is 0 Å². The topological polar surface area (TPSA) is 15.3 Å². The van der Waals surface area contributed by atoms with E-state index in [9.17, 15) is 0 Å². The number of likely N-dealkylation sites (N-methyl/N-ethyl adjacent to an activating group) is 1. The lowest BCUT2D eigenvalue weighted by Crippen LogP contribution is -2.42. The van der Waals surface area contributed by atoms with Gasteiger partial charge >= 0.3 is 0 Å². The summed E-state index contributed by atoms with van der Waals surface area (Å²) in [7, 11) is 2.19. The third kappa shape index (κ3) is 5.19. The lowest BCUT2D eigenvalue weighted by Gasteiger charge is -2.26. The normalized spacial score (nSPS) is 12.1. The van der Waals surface area contributed by atoms with Gasteiger partial charge in [0, 0.05) is 25.2 Å². The van der Waals surface area contributed by atoms with Crippen LogP contribution in [0.3, 0.4) is 0 Å². The lowest BCUT2D eigenvalue weighted by molar-refractivity contribution is 0.292. The molecule has 2 heteroatoms. The van der Waals surface area contributed by atoms with Crippen molar-refractivity contribution in [2.75, 3.05) is 20.1 Å². The first-order valence-electron chi connectivity index (χ1n) is 6.92. The van der Waals surface area contributed by atoms with Crippen LogP contribution < -0.4 is 5.32 Å². The molecule has 0 aliphatic heterocycles. The Bertz CT molecular complexity index is 358. The lowest BCUT2D eigenvalue weighted by atomic mass is 10.0. The molecule has 0 spiro atoms. The predicted molar refractivity (Wildman–Crippen MR) is 79.9 cm³/mol. The van der Waals surface area contributed by atoms with E-state index in [2.05, 4.69) is 69.2 Å². The minimum atomic E-state index is 0.253. The van der Waals surface area contributed by atoms with Crippen LogP contribution in [0.15, 0.2) is 24.3 Å². The van der Waals surface area contributed by atoms with Crippen LogP contribution in [0.2, 0.25) is 0 Å². The third-order valence-electron chi connectivity index (χ3n) is 3.68. The second-order valence-corrected chi connectivity index (χ2v) is 5.83. The molecule has 0 heterocycles. The standard InChI is InChI=1S/C16H28N2/c1-6-16(3,4)17-11-12-18(5)13-15-10-8-7-9-14(15)2/h7-10,17H,6,11-13H2,1-5H3. The maximum Gasteiger partial charge on any atom is 0.0233 e. The molecule has 1 N–H and O–H groups in total. The molecule has 0 fully saturated rings. The average molecular weight is 248 g/mol. The smallest absolute Gasteiger partial charge is 0.0233 e. The fourth-order valence-corrected chi connectivity index (χ4v) is 1.87. The second-order valence-electron chi connectivity index (χ2n) is 5.83. The number of benzene rings is 1. The van der Waals surface area contributed by atoms with Gasteiger partial charge in [-0.15, -0.1) is 0 Å². The minimum Gasteiger partial charge on any atom is -0.311 e. The van der Waals surface area contributed by atoms with Crippen molar-refractivity contribution < 1.29 is 0 Å². The molecule has 1 aromatic rings. The summed E-state index contributed by atoms with van der Waals surface area (Å²) in [5.41, 5.74) is 3.06. The maximum atomic E-state index is 3.60. The number of rotatable bonds is 7. The Kier molecular flexibility index (Phi) is 5.83. The molecule has 0 saturated carbocycles. The summed E-state index contributed by atoms with van der Waals surface area (Å²) < 4.78 is 0. The molecule has 0 aliphatic carbocycles. The molecule has 1 rings (SSSR count). The van der Waals surface area contributed by atoms with Gasteiger partial charge in [0.15, 0.2) is 0 Å². The summed E-state index contributed by atoms with van der Waals surface area (Å²) in [4.78, 5) is 2.38. The van der Waals surface area contributed by atoms with E-state index >= 15 is 0 Å². The Morgan fingerprint density at radius 3 is 2.50 bits per heavy atom. The fourth-order valence-electron chi connectivity index (χ4n) is 1.87. The molecule has 0 radical (unpaired) electrons. The highest BCUT2D eigenvalue weighted by Crippen LogP contribution is 2.09. The number of aryl methyl sites for hydroxylation is 1. The van der Waals surface area contributed by atoms with Crippen LogP contribution in [-0.4, -0.2) is 30.6 Å². The van der Waals surface area contributed by atoms with E-state index in [0.717, 1.165) is 26.1 Å². The van der Waals surface area contributed by atoms with E-state index in [0.29, 0.717) is 0 Å². The van der Waals surface area contributed by atoms with Gasteiger partial charge in [-0.1, -0.05) is 31.2 Å². The van der Waals surface area contributed by atoms with Crippen molar-refractivity contribution in [2.24, 2.45) is 0 Å². The Morgan fingerprint density at radius 1 is 1.22 bits per heavy atom. The zero-order valence-corrected chi connectivity index (χ0v) is 12.6. The fraction of sp³-hybridized carbons (Fsp3) is 0.625. The largest absolute Gasteiger partial charge is 0.311 e. The molecule has 18 heavy (non-hydrogen) atoms. The van der Waals surface area contributed by atoms with Crippen molar-refractivity contribution in [1.82, 2.24) is 10.2 Å². The van der Waals surface area contributed by atoms with E-state index in [4.69, 9.17) is 0 Å². The molecule has 0 aromatic heterocycles. The highest BCUT2D eigenvalue weighted by Gasteiger charge is 2.13. The first-order chi connectivity index (χ1) is 8.44. The average Bonchev–Trinajstić information content (AvgIpc) is 2.32. The quantitative estimate of drug-likeness (QED) is 0.797. The van der Waals surface area contributed by atoms with Crippen molar-refractivity contribution >= 4 is 0 Å². The molecular formula is C16H28N2. The highest BCUT2D eigenvalue weighted by molar-refractivity contribution is 5.25. The maximum absolute atomic E-state index is 3.60. The molecular weight excluding hydrogens is 220 g/mol. The summed E-state index contributed by atoms with van der Waals surface area (Å²) in [6, 6.07) is 8.62. The molecule has 2 nitrogen and oxygen atoms in total. The van der Waals surface area contributed by atoms with E-state index < -0.39 is 0 Å². The Morgan fingerprint density at radius 2 is 1.89 bits per heavy atom. The molecule has 0 bridgehead atoms. The van der Waals surface area contributed by atoms with E-state index in [1.54, 1.807) is 0 Å². The molecule has 0 amide bonds. The number of hydrogen-bond donors (Lipinski definition) is 1. The number of nitrogens with zero attached hydrogens (tertiary/aromatic N) is 1. The van der Waals surface area contributed by atoms with Gasteiger partial charge in [-0.3, -0.25) is 0 Å². The van der Waals surface area contributed by atoms with Gasteiger partial charge in [0.2, 0.25) is 0 Å². The number of nitrogens with one attached hydrogen (secondary N) is 1. The van der Waals surface area contributed by atoms with Gasteiger partial charge in [-0.05, 0) is 45.4 Å². The predicted octanol–water partition coefficient (Wildman–Crippen LogP) is 3.21. The molecule has 1 aromatic carbocycles. The van der Waals surface area contributed by atoms with Crippen LogP contribution in [0, 0.1) is 6.92 Å². The summed E-state index contributed by atoms with van der Waals surface area (Å²) in [5, 5.41) is 3.60. The summed E-state index contributed by atoms with van der Waals surface area (Å²) in [6.45, 7) is 12.1. The van der Waals surface area contributed by atoms with E-state index in [1.807, 2.05) is 0 Å². The van der Waals surface area contributed by atoms with Gasteiger partial charge in [-0.2, -0.15) is 0 Å². The highest BCUT2D eigenvalue weighted by atomic mass is 15.1. The van der Waals surface area contributed by atoms with Gasteiger partial charge < -0.3 is 10.2 Å². The van der Waals surface area contributed by atoms with E-state index in [1.165, 1.54) is 11.1 Å².